The van der Waals surface area contributed by atoms with Gasteiger partial charge in [0.05, 0.1) is 23.0 Å². The summed E-state index contributed by atoms with van der Waals surface area (Å²) >= 11 is 7.04. The molecule has 0 aliphatic rings. The molecular formula is C12H13ClN2O2S2. The number of pyridine rings is 1. The molecule has 7 heteroatoms. The Morgan fingerprint density at radius 1 is 1.42 bits per heavy atom. The van der Waals surface area contributed by atoms with Crippen LogP contribution >= 0.6 is 22.9 Å². The van der Waals surface area contributed by atoms with E-state index in [1.165, 1.54) is 15.6 Å². The molecule has 102 valence electrons. The first-order chi connectivity index (χ1) is 9.04. The third-order valence-corrected chi connectivity index (χ3v) is 5.89. The Bertz CT molecular complexity index is 641. The summed E-state index contributed by atoms with van der Waals surface area (Å²) in [6, 6.07) is 7.04. The predicted molar refractivity (Wildman–Crippen MR) is 76.8 cm³/mol. The van der Waals surface area contributed by atoms with Crippen LogP contribution in [0.3, 0.4) is 0 Å². The fraction of sp³-hybridized carbons (Fsp3) is 0.250. The van der Waals surface area contributed by atoms with Gasteiger partial charge in [-0.15, -0.1) is 22.9 Å². The molecule has 0 unspecified atom stereocenters. The van der Waals surface area contributed by atoms with E-state index in [9.17, 15) is 8.42 Å². The van der Waals surface area contributed by atoms with E-state index < -0.39 is 10.0 Å². The molecule has 0 bridgehead atoms. The highest BCUT2D eigenvalue weighted by Crippen LogP contribution is 2.23. The van der Waals surface area contributed by atoms with Crippen LogP contribution in [0.2, 0.25) is 0 Å². The average Bonchev–Trinajstić information content (AvgIpc) is 2.89. The van der Waals surface area contributed by atoms with Crippen molar-refractivity contribution in [1.29, 1.82) is 0 Å². The molecule has 4 nitrogen and oxygen atoms in total. The van der Waals surface area contributed by atoms with Gasteiger partial charge in [-0.25, -0.2) is 8.42 Å². The summed E-state index contributed by atoms with van der Waals surface area (Å²) in [6.07, 6.45) is 1.64. The lowest BCUT2D eigenvalue weighted by Gasteiger charge is -2.15. The van der Waals surface area contributed by atoms with E-state index in [4.69, 9.17) is 11.6 Å². The Hall–Kier alpha value is -0.950. The Morgan fingerprint density at radius 3 is 2.79 bits per heavy atom. The van der Waals surface area contributed by atoms with Crippen LogP contribution in [0, 0.1) is 0 Å². The first-order valence-electron chi connectivity index (χ1n) is 5.53. The van der Waals surface area contributed by atoms with E-state index in [1.807, 2.05) is 6.07 Å². The Kier molecular flexibility index (Phi) is 4.57. The second-order valence-electron chi connectivity index (χ2n) is 3.96. The topological polar surface area (TPSA) is 50.3 Å². The third-order valence-electron chi connectivity index (χ3n) is 2.58. The van der Waals surface area contributed by atoms with Gasteiger partial charge in [0.1, 0.15) is 0 Å². The third kappa shape index (κ3) is 3.33. The van der Waals surface area contributed by atoms with Gasteiger partial charge in [-0.3, -0.25) is 4.98 Å². The summed E-state index contributed by atoms with van der Waals surface area (Å²) in [5.41, 5.74) is 0.710. The summed E-state index contributed by atoms with van der Waals surface area (Å²) in [6.45, 7) is 0.245. The van der Waals surface area contributed by atoms with Gasteiger partial charge in [0, 0.05) is 23.5 Å². The summed E-state index contributed by atoms with van der Waals surface area (Å²) < 4.78 is 25.9. The van der Waals surface area contributed by atoms with E-state index in [-0.39, 0.29) is 11.4 Å². The first-order valence-corrected chi connectivity index (χ1v) is 8.39. The quantitative estimate of drug-likeness (QED) is 0.797. The number of hydrogen-bond donors (Lipinski definition) is 0. The molecule has 0 fully saturated rings. The maximum Gasteiger partial charge on any atom is 0.244 e. The highest BCUT2D eigenvalue weighted by atomic mass is 35.5. The van der Waals surface area contributed by atoms with Crippen LogP contribution in [0.15, 0.2) is 40.7 Å². The minimum Gasteiger partial charge on any atom is -0.260 e. The molecule has 0 aromatic carbocycles. The largest absolute Gasteiger partial charge is 0.260 e. The fourth-order valence-electron chi connectivity index (χ4n) is 1.55. The Labute approximate surface area is 121 Å². The molecule has 0 spiro atoms. The van der Waals surface area contributed by atoms with Gasteiger partial charge >= 0.3 is 0 Å². The summed E-state index contributed by atoms with van der Waals surface area (Å²) in [7, 11) is -1.94. The van der Waals surface area contributed by atoms with Gasteiger partial charge in [0.15, 0.2) is 0 Å². The highest BCUT2D eigenvalue weighted by molar-refractivity contribution is 7.89. The molecule has 0 saturated carbocycles. The number of hydrogen-bond acceptors (Lipinski definition) is 4. The molecule has 2 aromatic rings. The number of sulfonamides is 1. The molecule has 0 amide bonds. The molecular weight excluding hydrogens is 304 g/mol. The maximum absolute atomic E-state index is 12.3. The van der Waals surface area contributed by atoms with E-state index in [0.29, 0.717) is 11.6 Å². The van der Waals surface area contributed by atoms with Crippen LogP contribution in [0.25, 0.3) is 0 Å². The molecule has 0 aliphatic heterocycles. The fourth-order valence-corrected chi connectivity index (χ4v) is 4.07. The minimum absolute atomic E-state index is 0.245. The average molecular weight is 317 g/mol. The lowest BCUT2D eigenvalue weighted by molar-refractivity contribution is 0.462. The summed E-state index contributed by atoms with van der Waals surface area (Å²) in [5, 5.41) is 1.61. The van der Waals surface area contributed by atoms with Crippen molar-refractivity contribution in [2.24, 2.45) is 0 Å². The van der Waals surface area contributed by atoms with Gasteiger partial charge in [-0.05, 0) is 18.2 Å². The zero-order valence-electron chi connectivity index (χ0n) is 10.3. The van der Waals surface area contributed by atoms with Crippen LogP contribution < -0.4 is 0 Å². The van der Waals surface area contributed by atoms with Crippen molar-refractivity contribution < 1.29 is 8.42 Å². The molecule has 19 heavy (non-hydrogen) atoms. The Morgan fingerprint density at radius 2 is 2.21 bits per heavy atom. The summed E-state index contributed by atoms with van der Waals surface area (Å²) in [4.78, 5) is 5.25. The monoisotopic (exact) mass is 316 g/mol. The second-order valence-corrected chi connectivity index (χ2v) is 7.27. The van der Waals surface area contributed by atoms with Crippen molar-refractivity contribution in [3.05, 3.63) is 46.4 Å². The van der Waals surface area contributed by atoms with Crippen molar-refractivity contribution >= 4 is 33.0 Å². The minimum atomic E-state index is -3.48. The number of alkyl halides is 1. The van der Waals surface area contributed by atoms with E-state index >= 15 is 0 Å². The lowest BCUT2D eigenvalue weighted by Crippen LogP contribution is -2.26. The van der Waals surface area contributed by atoms with Crippen molar-refractivity contribution in [2.45, 2.75) is 17.3 Å². The zero-order chi connectivity index (χ0) is 13.9. The predicted octanol–water partition coefficient (Wildman–Crippen LogP) is 2.70. The van der Waals surface area contributed by atoms with E-state index in [0.717, 1.165) is 4.88 Å². The zero-order valence-corrected chi connectivity index (χ0v) is 12.7. The van der Waals surface area contributed by atoms with Crippen LogP contribution in [-0.2, 0) is 22.4 Å². The van der Waals surface area contributed by atoms with Gasteiger partial charge in [0.2, 0.25) is 10.0 Å². The SMILES string of the molecule is CN(Cc1ccccn1)S(=O)(=O)c1csc(CCl)c1. The molecule has 0 saturated heterocycles. The second kappa shape index (κ2) is 6.00. The van der Waals surface area contributed by atoms with Gasteiger partial charge in [0.25, 0.3) is 0 Å². The first kappa shape index (κ1) is 14.5. The van der Waals surface area contributed by atoms with Crippen LogP contribution in [0.5, 0.6) is 0 Å². The molecule has 0 N–H and O–H groups in total. The number of nitrogens with zero attached hydrogens (tertiary/aromatic N) is 2. The van der Waals surface area contributed by atoms with Crippen molar-refractivity contribution in [2.75, 3.05) is 7.05 Å². The highest BCUT2D eigenvalue weighted by Gasteiger charge is 2.22. The van der Waals surface area contributed by atoms with E-state index in [2.05, 4.69) is 4.98 Å². The lowest BCUT2D eigenvalue weighted by atomic mass is 10.3. The molecule has 0 aliphatic carbocycles. The normalized spacial score (nSPS) is 11.9. The van der Waals surface area contributed by atoms with Crippen LogP contribution in [0.4, 0.5) is 0 Å². The van der Waals surface area contributed by atoms with Gasteiger partial charge < -0.3 is 0 Å². The molecule has 2 aromatic heterocycles. The number of aromatic nitrogens is 1. The van der Waals surface area contributed by atoms with Crippen molar-refractivity contribution in [3.8, 4) is 0 Å². The number of rotatable bonds is 5. The number of halogens is 1. The van der Waals surface area contributed by atoms with E-state index in [1.54, 1.807) is 36.8 Å². The smallest absolute Gasteiger partial charge is 0.244 e. The van der Waals surface area contributed by atoms with Gasteiger partial charge in [-0.2, -0.15) is 4.31 Å². The maximum atomic E-state index is 12.3. The molecule has 0 atom stereocenters. The van der Waals surface area contributed by atoms with Gasteiger partial charge in [-0.1, -0.05) is 6.07 Å². The standard InChI is InChI=1S/C12H13ClN2O2S2/c1-15(8-10-4-2-3-5-14-10)19(16,17)12-6-11(7-13)18-9-12/h2-6,9H,7-8H2,1H3. The van der Waals surface area contributed by atoms with Crippen molar-refractivity contribution in [3.63, 3.8) is 0 Å². The van der Waals surface area contributed by atoms with Crippen LogP contribution in [0.1, 0.15) is 10.6 Å². The molecule has 0 radical (unpaired) electrons. The van der Waals surface area contributed by atoms with Crippen molar-refractivity contribution in [1.82, 2.24) is 9.29 Å². The summed E-state index contributed by atoms with van der Waals surface area (Å²) in [5.74, 6) is 0.324. The molecule has 2 rings (SSSR count). The van der Waals surface area contributed by atoms with Crippen LogP contribution in [-0.4, -0.2) is 24.8 Å². The number of thiophene rings is 1. The molecule has 2 heterocycles. The Balaban J connectivity index is 2.19.